The Kier molecular flexibility index (Phi) is 19.8. The highest BCUT2D eigenvalue weighted by Gasteiger charge is 2.25. The molecule has 0 aromatic heterocycles. The van der Waals surface area contributed by atoms with Crippen LogP contribution in [-0.4, -0.2) is 149 Å². The number of anilines is 2. The van der Waals surface area contributed by atoms with Crippen LogP contribution in [0.1, 0.15) is 6.92 Å². The number of carboxylic acid groups (broad SMARTS) is 6. The molecular weight excluding hydrogens is 656 g/mol. The number of carbonyl (C=O) groups excluding carboxylic acids is 1. The second kappa shape index (κ2) is 22.6. The molecule has 270 valence electrons. The average molecular weight is 697 g/mol. The van der Waals surface area contributed by atoms with Gasteiger partial charge in [-0.25, -0.2) is 28.8 Å². The molecule has 2 aromatic rings. The Hall–Kier alpha value is -5.95. The molecule has 3 rings (SSSR count). The third kappa shape index (κ3) is 18.7. The zero-order chi connectivity index (χ0) is 37.7. The number of hydrogen-bond donors (Lipinski definition) is 7. The zero-order valence-corrected chi connectivity index (χ0v) is 27.1. The van der Waals surface area contributed by atoms with Gasteiger partial charge in [0.2, 0.25) is 5.91 Å². The predicted octanol–water partition coefficient (Wildman–Crippen LogP) is 0.252. The van der Waals surface area contributed by atoms with Crippen molar-refractivity contribution in [3.8, 4) is 11.5 Å². The van der Waals surface area contributed by atoms with Crippen LogP contribution < -0.4 is 19.7 Å². The van der Waals surface area contributed by atoms with E-state index in [-0.39, 0.29) is 11.9 Å². The smallest absolute Gasteiger partial charge is 0.414 e. The van der Waals surface area contributed by atoms with Gasteiger partial charge in [-0.15, -0.1) is 0 Å². The van der Waals surface area contributed by atoms with E-state index in [4.69, 9.17) is 68.9 Å². The maximum Gasteiger partial charge on any atom is 0.414 e. The van der Waals surface area contributed by atoms with Crippen molar-refractivity contribution in [2.45, 2.75) is 13.0 Å². The van der Waals surface area contributed by atoms with Crippen LogP contribution in [0.25, 0.3) is 0 Å². The van der Waals surface area contributed by atoms with E-state index in [1.165, 1.54) is 0 Å². The third-order valence-corrected chi connectivity index (χ3v) is 6.27. The number of carbonyl (C=O) groups is 7. The number of methoxy groups -OCH3 is 1. The second-order valence-electron chi connectivity index (χ2n) is 9.84. The summed E-state index contributed by atoms with van der Waals surface area (Å²) in [4.78, 5) is 73.9. The molecule has 1 unspecified atom stereocenters. The van der Waals surface area contributed by atoms with Crippen molar-refractivity contribution in [1.29, 1.82) is 0 Å². The van der Waals surface area contributed by atoms with Gasteiger partial charge in [-0.05, 0) is 55.5 Å². The molecule has 0 spiro atoms. The molecule has 7 N–H and O–H groups in total. The maximum atomic E-state index is 12.7. The van der Waals surface area contributed by atoms with Crippen molar-refractivity contribution in [1.82, 2.24) is 9.80 Å². The number of rotatable bonds is 9. The van der Waals surface area contributed by atoms with Crippen LogP contribution in [0.4, 0.5) is 11.4 Å². The van der Waals surface area contributed by atoms with Gasteiger partial charge in [0.1, 0.15) is 18.1 Å². The Labute approximate surface area is 280 Å². The van der Waals surface area contributed by atoms with Gasteiger partial charge in [0.05, 0.1) is 13.2 Å². The number of nitrogens with zero attached hydrogens (tertiary/aromatic N) is 3. The van der Waals surface area contributed by atoms with Gasteiger partial charge in [0, 0.05) is 58.2 Å². The summed E-state index contributed by atoms with van der Waals surface area (Å²) in [7, 11) is 5.66. The van der Waals surface area contributed by atoms with Crippen molar-refractivity contribution in [3.63, 3.8) is 0 Å². The summed E-state index contributed by atoms with van der Waals surface area (Å²) in [5.74, 6) is -9.23. The minimum atomic E-state index is -1.82. The SMILES string of the molecule is COc1ccc(OCCN2CCN(C(C)C(=O)Nc3ccc(N(C)C)cc3)CC2)cc1.O=C(O)C(=O)O.O=C(O)C(=O)O.O=C(O)C(=O)O. The lowest BCUT2D eigenvalue weighted by atomic mass is 10.2. The summed E-state index contributed by atoms with van der Waals surface area (Å²) in [5.41, 5.74) is 1.94. The summed E-state index contributed by atoms with van der Waals surface area (Å²) >= 11 is 0. The Bertz CT molecular complexity index is 1300. The first-order valence-corrected chi connectivity index (χ1v) is 14.1. The largest absolute Gasteiger partial charge is 0.497 e. The standard InChI is InChI=1S/C24H34N4O3.3C2H2O4/c1-19(24(29)25-20-5-7-21(8-6-20)26(2)3)28-15-13-27(14-16-28)17-18-31-23-11-9-22(30-4)10-12-23;3*3-1(4)2(5)6/h5-12,19H,13-18H2,1-4H3,(H,25,29);3*(H,3,4)(H,5,6). The molecule has 1 aliphatic heterocycles. The highest BCUT2D eigenvalue weighted by Crippen LogP contribution is 2.18. The van der Waals surface area contributed by atoms with Crippen LogP contribution >= 0.6 is 0 Å². The monoisotopic (exact) mass is 696 g/mol. The average Bonchev–Trinajstić information content (AvgIpc) is 3.06. The number of hydrogen-bond acceptors (Lipinski definition) is 12. The molecule has 0 bridgehead atoms. The number of piperazine rings is 1. The molecule has 1 saturated heterocycles. The van der Waals surface area contributed by atoms with Crippen LogP contribution in [0.3, 0.4) is 0 Å². The van der Waals surface area contributed by atoms with E-state index in [0.717, 1.165) is 55.6 Å². The minimum absolute atomic E-state index is 0.0360. The topological polar surface area (TPSA) is 281 Å². The third-order valence-electron chi connectivity index (χ3n) is 6.27. The van der Waals surface area contributed by atoms with Gasteiger partial charge < -0.3 is 50.3 Å². The van der Waals surface area contributed by atoms with Crippen molar-refractivity contribution in [2.24, 2.45) is 0 Å². The lowest BCUT2D eigenvalue weighted by molar-refractivity contribution is -0.159. The van der Waals surface area contributed by atoms with Gasteiger partial charge in [-0.3, -0.25) is 14.6 Å². The van der Waals surface area contributed by atoms with E-state index in [1.807, 2.05) is 74.4 Å². The fourth-order valence-electron chi connectivity index (χ4n) is 3.59. The number of nitrogens with one attached hydrogen (secondary N) is 1. The van der Waals surface area contributed by atoms with Gasteiger partial charge in [0.25, 0.3) is 0 Å². The highest BCUT2D eigenvalue weighted by molar-refractivity contribution is 6.28. The number of benzene rings is 2. The summed E-state index contributed by atoms with van der Waals surface area (Å²) in [6.07, 6.45) is 0. The molecule has 1 heterocycles. The van der Waals surface area contributed by atoms with E-state index < -0.39 is 35.8 Å². The number of amides is 1. The Morgan fingerprint density at radius 1 is 0.694 bits per heavy atom. The fraction of sp³-hybridized carbons (Fsp3) is 0.367. The van der Waals surface area contributed by atoms with Gasteiger partial charge >= 0.3 is 35.8 Å². The molecule has 1 aliphatic rings. The van der Waals surface area contributed by atoms with Crippen LogP contribution in [0.2, 0.25) is 0 Å². The Balaban J connectivity index is 0.00000105. The molecule has 1 atom stereocenters. The van der Waals surface area contributed by atoms with Crippen LogP contribution in [0.5, 0.6) is 11.5 Å². The van der Waals surface area contributed by atoms with Crippen molar-refractivity contribution >= 4 is 53.1 Å². The molecule has 1 amide bonds. The maximum absolute atomic E-state index is 12.7. The zero-order valence-electron chi connectivity index (χ0n) is 27.1. The first-order valence-electron chi connectivity index (χ1n) is 14.1. The van der Waals surface area contributed by atoms with Crippen molar-refractivity contribution in [3.05, 3.63) is 48.5 Å². The number of ether oxygens (including phenoxy) is 2. The molecule has 2 aromatic carbocycles. The van der Waals surface area contributed by atoms with E-state index in [1.54, 1.807) is 7.11 Å². The van der Waals surface area contributed by atoms with Crippen LogP contribution in [-0.2, 0) is 33.6 Å². The first kappa shape index (κ1) is 43.0. The molecule has 49 heavy (non-hydrogen) atoms. The highest BCUT2D eigenvalue weighted by atomic mass is 16.5. The predicted molar refractivity (Wildman–Crippen MR) is 171 cm³/mol. The van der Waals surface area contributed by atoms with E-state index in [9.17, 15) is 4.79 Å². The van der Waals surface area contributed by atoms with Crippen LogP contribution in [0.15, 0.2) is 48.5 Å². The van der Waals surface area contributed by atoms with Gasteiger partial charge in [0.15, 0.2) is 0 Å². The van der Waals surface area contributed by atoms with Crippen molar-refractivity contribution < 1.29 is 73.7 Å². The first-order chi connectivity index (χ1) is 22.9. The van der Waals surface area contributed by atoms with Gasteiger partial charge in [-0.1, -0.05) is 0 Å². The summed E-state index contributed by atoms with van der Waals surface area (Å²) < 4.78 is 11.0. The lowest BCUT2D eigenvalue weighted by Gasteiger charge is -2.37. The molecular formula is C30H40N4O15. The quantitative estimate of drug-likeness (QED) is 0.173. The molecule has 19 heteroatoms. The summed E-state index contributed by atoms with van der Waals surface area (Å²) in [6.45, 7) is 7.10. The van der Waals surface area contributed by atoms with E-state index >= 15 is 0 Å². The fourth-order valence-corrected chi connectivity index (χ4v) is 3.59. The number of carboxylic acids is 6. The number of aliphatic carboxylic acids is 6. The Morgan fingerprint density at radius 3 is 1.47 bits per heavy atom. The van der Waals surface area contributed by atoms with Crippen molar-refractivity contribution in [2.75, 3.05) is 70.8 Å². The molecule has 19 nitrogen and oxygen atoms in total. The lowest BCUT2D eigenvalue weighted by Crippen LogP contribution is -2.53. The van der Waals surface area contributed by atoms with Crippen LogP contribution in [0, 0.1) is 0 Å². The second-order valence-corrected chi connectivity index (χ2v) is 9.84. The molecule has 0 radical (unpaired) electrons. The minimum Gasteiger partial charge on any atom is -0.497 e. The molecule has 1 fully saturated rings. The molecule has 0 aliphatic carbocycles. The van der Waals surface area contributed by atoms with E-state index in [2.05, 4.69) is 15.1 Å². The van der Waals surface area contributed by atoms with E-state index in [0.29, 0.717) is 6.61 Å². The summed E-state index contributed by atoms with van der Waals surface area (Å²) in [5, 5.41) is 47.4. The normalized spacial score (nSPS) is 12.7. The summed E-state index contributed by atoms with van der Waals surface area (Å²) in [6, 6.07) is 15.4. The van der Waals surface area contributed by atoms with Gasteiger partial charge in [-0.2, -0.15) is 0 Å². The Morgan fingerprint density at radius 2 is 1.10 bits per heavy atom. The molecule has 0 saturated carbocycles.